The largest absolute Gasteiger partial charge is 0.481 e. The Bertz CT molecular complexity index is 341. The first kappa shape index (κ1) is 15.9. The summed E-state index contributed by atoms with van der Waals surface area (Å²) in [5, 5.41) is 8.94. The molecule has 0 bridgehead atoms. The molecule has 0 spiro atoms. The number of carboxylic acid groups (broad SMARTS) is 1. The Balaban J connectivity index is 2.81. The second-order valence-corrected chi connectivity index (χ2v) is 6.16. The lowest BCUT2D eigenvalue weighted by molar-refractivity contribution is -0.150. The van der Waals surface area contributed by atoms with Crippen LogP contribution in [0.25, 0.3) is 0 Å². The average molecular weight is 274 g/mol. The van der Waals surface area contributed by atoms with Crippen molar-refractivity contribution in [2.45, 2.75) is 33.2 Å². The van der Waals surface area contributed by atoms with Crippen molar-refractivity contribution in [3.8, 4) is 0 Å². The first-order chi connectivity index (χ1) is 8.74. The number of halogens is 1. The number of hydrogen-bond donors (Lipinski definition) is 1. The van der Waals surface area contributed by atoms with E-state index in [1.165, 1.54) is 4.90 Å². The van der Waals surface area contributed by atoms with Crippen LogP contribution in [-0.4, -0.2) is 65.7 Å². The second kappa shape index (κ2) is 6.32. The summed E-state index contributed by atoms with van der Waals surface area (Å²) in [6, 6.07) is -0.669. The molecule has 110 valence electrons. The third-order valence-electron chi connectivity index (χ3n) is 3.09. The van der Waals surface area contributed by atoms with Crippen molar-refractivity contribution in [2.75, 3.05) is 32.9 Å². The van der Waals surface area contributed by atoms with E-state index in [1.807, 2.05) is 25.7 Å². The zero-order valence-corrected chi connectivity index (χ0v) is 11.9. The summed E-state index contributed by atoms with van der Waals surface area (Å²) in [5.41, 5.74) is -0.0146. The number of carbonyl (C=O) groups excluding carboxylic acids is 1. The number of rotatable bonds is 5. The van der Waals surface area contributed by atoms with Crippen LogP contribution in [0.1, 0.15) is 27.2 Å². The van der Waals surface area contributed by atoms with Gasteiger partial charge in [-0.25, -0.2) is 4.39 Å². The van der Waals surface area contributed by atoms with Gasteiger partial charge < -0.3 is 10.0 Å². The standard InChI is InChI=1S/C13H23FN2O3/c1-13(2,3)9-16-7-6-15(5-4-14)12(19)10(16)8-11(17)18/h10H,4-9H2,1-3H3,(H,17,18). The van der Waals surface area contributed by atoms with E-state index in [4.69, 9.17) is 5.11 Å². The van der Waals surface area contributed by atoms with E-state index in [0.717, 1.165) is 0 Å². The zero-order valence-electron chi connectivity index (χ0n) is 11.9. The van der Waals surface area contributed by atoms with Gasteiger partial charge in [-0.3, -0.25) is 14.5 Å². The van der Waals surface area contributed by atoms with Crippen LogP contribution in [0.4, 0.5) is 4.39 Å². The molecule has 1 saturated heterocycles. The normalized spacial score (nSPS) is 21.8. The summed E-state index contributed by atoms with van der Waals surface area (Å²) in [4.78, 5) is 26.5. The maximum Gasteiger partial charge on any atom is 0.305 e. The maximum atomic E-state index is 12.4. The SMILES string of the molecule is CC(C)(C)CN1CCN(CCF)C(=O)C1CC(=O)O. The second-order valence-electron chi connectivity index (χ2n) is 6.16. The molecule has 19 heavy (non-hydrogen) atoms. The number of piperazine rings is 1. The molecule has 1 aliphatic rings. The Hall–Kier alpha value is -1.17. The third kappa shape index (κ3) is 4.78. The van der Waals surface area contributed by atoms with Gasteiger partial charge in [0.05, 0.1) is 12.5 Å². The highest BCUT2D eigenvalue weighted by Crippen LogP contribution is 2.22. The Kier molecular flexibility index (Phi) is 5.29. The molecule has 5 nitrogen and oxygen atoms in total. The molecule has 0 radical (unpaired) electrons. The highest BCUT2D eigenvalue weighted by Gasteiger charge is 2.37. The number of hydrogen-bond acceptors (Lipinski definition) is 3. The van der Waals surface area contributed by atoms with Crippen molar-refractivity contribution >= 4 is 11.9 Å². The Morgan fingerprint density at radius 2 is 2.05 bits per heavy atom. The van der Waals surface area contributed by atoms with Gasteiger partial charge in [-0.1, -0.05) is 20.8 Å². The fraction of sp³-hybridized carbons (Fsp3) is 0.846. The first-order valence-corrected chi connectivity index (χ1v) is 6.55. The fourth-order valence-corrected chi connectivity index (χ4v) is 2.39. The van der Waals surface area contributed by atoms with E-state index in [1.54, 1.807) is 0 Å². The monoisotopic (exact) mass is 274 g/mol. The van der Waals surface area contributed by atoms with Crippen LogP contribution in [-0.2, 0) is 9.59 Å². The van der Waals surface area contributed by atoms with Crippen molar-refractivity contribution in [2.24, 2.45) is 5.41 Å². The number of aliphatic carboxylic acids is 1. The topological polar surface area (TPSA) is 60.9 Å². The summed E-state index contributed by atoms with van der Waals surface area (Å²) >= 11 is 0. The van der Waals surface area contributed by atoms with E-state index in [9.17, 15) is 14.0 Å². The van der Waals surface area contributed by atoms with Gasteiger partial charge in [0.2, 0.25) is 5.91 Å². The molecule has 1 amide bonds. The third-order valence-corrected chi connectivity index (χ3v) is 3.09. The van der Waals surface area contributed by atoms with Crippen LogP contribution in [0.3, 0.4) is 0 Å². The minimum absolute atomic E-state index is 0.0146. The summed E-state index contributed by atoms with van der Waals surface area (Å²) in [7, 11) is 0. The molecule has 6 heteroatoms. The molecule has 1 aliphatic heterocycles. The predicted octanol–water partition coefficient (Wildman–Crippen LogP) is 0.990. The molecule has 0 aromatic carbocycles. The van der Waals surface area contributed by atoms with Gasteiger partial charge in [0.25, 0.3) is 0 Å². The maximum absolute atomic E-state index is 12.4. The van der Waals surface area contributed by atoms with Crippen LogP contribution < -0.4 is 0 Å². The molecule has 0 aromatic heterocycles. The van der Waals surface area contributed by atoms with Crippen LogP contribution in [0, 0.1) is 5.41 Å². The minimum atomic E-state index is -1.00. The predicted molar refractivity (Wildman–Crippen MR) is 69.6 cm³/mol. The van der Waals surface area contributed by atoms with Crippen molar-refractivity contribution in [3.05, 3.63) is 0 Å². The van der Waals surface area contributed by atoms with E-state index in [-0.39, 0.29) is 24.3 Å². The highest BCUT2D eigenvalue weighted by molar-refractivity contribution is 5.86. The van der Waals surface area contributed by atoms with Gasteiger partial charge in [0.1, 0.15) is 6.67 Å². The molecule has 0 aliphatic carbocycles. The average Bonchev–Trinajstić information content (AvgIpc) is 2.25. The van der Waals surface area contributed by atoms with Crippen LogP contribution in [0.5, 0.6) is 0 Å². The Morgan fingerprint density at radius 3 is 2.53 bits per heavy atom. The number of nitrogens with zero attached hydrogens (tertiary/aromatic N) is 2. The molecule has 1 rings (SSSR count). The van der Waals surface area contributed by atoms with Crippen molar-refractivity contribution in [1.82, 2.24) is 9.80 Å². The highest BCUT2D eigenvalue weighted by atomic mass is 19.1. The summed E-state index contributed by atoms with van der Waals surface area (Å²) < 4.78 is 12.4. The number of carboxylic acids is 1. The molecule has 1 fully saturated rings. The van der Waals surface area contributed by atoms with Crippen molar-refractivity contribution in [1.29, 1.82) is 0 Å². The van der Waals surface area contributed by atoms with Crippen LogP contribution >= 0.6 is 0 Å². The van der Waals surface area contributed by atoms with E-state index in [0.29, 0.717) is 19.6 Å². The van der Waals surface area contributed by atoms with Gasteiger partial charge in [-0.2, -0.15) is 0 Å². The number of alkyl halides is 1. The van der Waals surface area contributed by atoms with Gasteiger partial charge in [-0.15, -0.1) is 0 Å². The van der Waals surface area contributed by atoms with Gasteiger partial charge >= 0.3 is 5.97 Å². The molecule has 1 N–H and O–H groups in total. The molecule has 0 saturated carbocycles. The zero-order chi connectivity index (χ0) is 14.6. The van der Waals surface area contributed by atoms with Crippen molar-refractivity contribution < 1.29 is 19.1 Å². The molecular weight excluding hydrogens is 251 g/mol. The Labute approximate surface area is 113 Å². The molecular formula is C13H23FN2O3. The lowest BCUT2D eigenvalue weighted by Crippen LogP contribution is -2.59. The van der Waals surface area contributed by atoms with E-state index >= 15 is 0 Å². The Morgan fingerprint density at radius 1 is 1.42 bits per heavy atom. The fourth-order valence-electron chi connectivity index (χ4n) is 2.39. The lowest BCUT2D eigenvalue weighted by atomic mass is 9.94. The molecule has 1 atom stereocenters. The van der Waals surface area contributed by atoms with Gasteiger partial charge in [-0.05, 0) is 5.41 Å². The summed E-state index contributed by atoms with van der Waals surface area (Å²) in [5.74, 6) is -1.27. The number of amides is 1. The molecule has 1 heterocycles. The minimum Gasteiger partial charge on any atom is -0.481 e. The summed E-state index contributed by atoms with van der Waals surface area (Å²) in [6.07, 6.45) is -0.225. The quantitative estimate of drug-likeness (QED) is 0.812. The van der Waals surface area contributed by atoms with Gasteiger partial charge in [0.15, 0.2) is 0 Å². The number of carbonyl (C=O) groups is 2. The smallest absolute Gasteiger partial charge is 0.305 e. The van der Waals surface area contributed by atoms with Crippen LogP contribution in [0.15, 0.2) is 0 Å². The first-order valence-electron chi connectivity index (χ1n) is 6.55. The van der Waals surface area contributed by atoms with E-state index < -0.39 is 18.7 Å². The van der Waals surface area contributed by atoms with Crippen molar-refractivity contribution in [3.63, 3.8) is 0 Å². The lowest BCUT2D eigenvalue weighted by Gasteiger charge is -2.42. The molecule has 1 unspecified atom stereocenters. The van der Waals surface area contributed by atoms with E-state index in [2.05, 4.69) is 0 Å². The van der Waals surface area contributed by atoms with Gasteiger partial charge in [0, 0.05) is 26.2 Å². The van der Waals surface area contributed by atoms with Crippen LogP contribution in [0.2, 0.25) is 0 Å². The summed E-state index contributed by atoms with van der Waals surface area (Å²) in [6.45, 7) is 7.31. The molecule has 0 aromatic rings.